The number of hydrogen-bond donors (Lipinski definition) is 0. The Morgan fingerprint density at radius 3 is 1.15 bits per heavy atom. The second kappa shape index (κ2) is 12.6. The molecular weight excluding hydrogens is 647 g/mol. The standard InChI is InChI=1S/C30H11BF12O3/c32-12-4-16(26(39)21(37)8-12)18-6-14(34)10-24(28(18)41)45-31(44-23-3-1-2-20(36)30(23)43)46-25-11-15(35)7-19(29(25)42)17-5-13(33)9-22(38)27(17)40/h1-11H. The van der Waals surface area contributed by atoms with E-state index in [2.05, 4.69) is 0 Å². The summed E-state index contributed by atoms with van der Waals surface area (Å²) in [6.07, 6.45) is 0. The summed E-state index contributed by atoms with van der Waals surface area (Å²) in [5.41, 5.74) is -4.49. The fourth-order valence-corrected chi connectivity index (χ4v) is 4.15. The van der Waals surface area contributed by atoms with Crippen molar-refractivity contribution in [1.29, 1.82) is 0 Å². The Labute approximate surface area is 250 Å². The number of halogens is 12. The summed E-state index contributed by atoms with van der Waals surface area (Å²) in [6, 6.07) is 4.28. The van der Waals surface area contributed by atoms with Gasteiger partial charge in [-0.25, -0.2) is 48.3 Å². The highest BCUT2D eigenvalue weighted by molar-refractivity contribution is 6.39. The maximum atomic E-state index is 15.5. The lowest BCUT2D eigenvalue weighted by atomic mass is 10.0. The zero-order valence-corrected chi connectivity index (χ0v) is 22.2. The predicted molar refractivity (Wildman–Crippen MR) is 137 cm³/mol. The van der Waals surface area contributed by atoms with E-state index in [9.17, 15) is 43.9 Å². The summed E-state index contributed by atoms with van der Waals surface area (Å²) < 4.78 is 188. The number of hydrogen-bond acceptors (Lipinski definition) is 3. The zero-order chi connectivity index (χ0) is 33.4. The normalized spacial score (nSPS) is 11.0. The first-order chi connectivity index (χ1) is 21.7. The van der Waals surface area contributed by atoms with E-state index >= 15 is 8.78 Å². The maximum Gasteiger partial charge on any atom is 0.864 e. The van der Waals surface area contributed by atoms with E-state index in [1.54, 1.807) is 0 Å². The molecule has 5 aromatic carbocycles. The highest BCUT2D eigenvalue weighted by Crippen LogP contribution is 2.36. The topological polar surface area (TPSA) is 27.7 Å². The van der Waals surface area contributed by atoms with Crippen molar-refractivity contribution >= 4 is 7.32 Å². The molecule has 5 rings (SSSR count). The van der Waals surface area contributed by atoms with Gasteiger partial charge in [-0.15, -0.1) is 0 Å². The third-order valence-corrected chi connectivity index (χ3v) is 6.16. The molecule has 16 heteroatoms. The molecule has 0 aromatic heterocycles. The van der Waals surface area contributed by atoms with Crippen molar-refractivity contribution in [1.82, 2.24) is 0 Å². The average Bonchev–Trinajstić information content (AvgIpc) is 2.98. The van der Waals surface area contributed by atoms with Crippen molar-refractivity contribution in [2.75, 3.05) is 0 Å². The van der Waals surface area contributed by atoms with Gasteiger partial charge in [-0.1, -0.05) is 6.07 Å². The first-order valence-corrected chi connectivity index (χ1v) is 12.5. The molecule has 0 aliphatic carbocycles. The molecule has 0 bridgehead atoms. The Morgan fingerprint density at radius 1 is 0.348 bits per heavy atom. The van der Waals surface area contributed by atoms with E-state index in [1.165, 1.54) is 0 Å². The van der Waals surface area contributed by atoms with Crippen LogP contribution in [0.15, 0.2) is 66.7 Å². The van der Waals surface area contributed by atoms with Crippen LogP contribution in [0.25, 0.3) is 22.3 Å². The van der Waals surface area contributed by atoms with E-state index in [-0.39, 0.29) is 24.3 Å². The van der Waals surface area contributed by atoms with Crippen LogP contribution < -0.4 is 14.0 Å². The molecule has 0 fully saturated rings. The second-order valence-corrected chi connectivity index (χ2v) is 9.22. The van der Waals surface area contributed by atoms with Gasteiger partial charge in [0.2, 0.25) is 0 Å². The summed E-state index contributed by atoms with van der Waals surface area (Å²) in [6.45, 7) is 0. The quantitative estimate of drug-likeness (QED) is 0.0946. The van der Waals surface area contributed by atoms with Gasteiger partial charge in [0, 0.05) is 46.5 Å². The summed E-state index contributed by atoms with van der Waals surface area (Å²) in [5.74, 6) is -23.2. The SMILES string of the molecule is Fc1cc(F)c(F)c(-c2cc(F)cc(OB(Oc3cccc(F)c3F)Oc3cc(F)cc(-c4cc(F)cc(F)c4F)c3F)c2F)c1. The van der Waals surface area contributed by atoms with Gasteiger partial charge in [0.05, 0.1) is 0 Å². The molecule has 0 radical (unpaired) electrons. The van der Waals surface area contributed by atoms with Gasteiger partial charge >= 0.3 is 7.32 Å². The van der Waals surface area contributed by atoms with Crippen LogP contribution in [0.5, 0.6) is 17.2 Å². The van der Waals surface area contributed by atoms with Gasteiger partial charge in [0.1, 0.15) is 40.5 Å². The van der Waals surface area contributed by atoms with Gasteiger partial charge < -0.3 is 14.0 Å². The Bertz CT molecular complexity index is 1870. The fourth-order valence-electron chi connectivity index (χ4n) is 4.15. The highest BCUT2D eigenvalue weighted by Gasteiger charge is 2.36. The fraction of sp³-hybridized carbons (Fsp3) is 0. The van der Waals surface area contributed by atoms with Gasteiger partial charge in [-0.2, -0.15) is 4.39 Å². The molecule has 0 N–H and O–H groups in total. The molecule has 0 unspecified atom stereocenters. The van der Waals surface area contributed by atoms with Crippen LogP contribution in [0.1, 0.15) is 0 Å². The van der Waals surface area contributed by atoms with Crippen LogP contribution >= 0.6 is 0 Å². The number of rotatable bonds is 8. The molecule has 46 heavy (non-hydrogen) atoms. The minimum atomic E-state index is -2.73. The van der Waals surface area contributed by atoms with Crippen LogP contribution in [0, 0.1) is 69.8 Å². The smallest absolute Gasteiger partial charge is 0.487 e. The molecule has 0 aliphatic rings. The molecule has 0 saturated carbocycles. The first-order valence-electron chi connectivity index (χ1n) is 12.5. The van der Waals surface area contributed by atoms with Crippen molar-refractivity contribution < 1.29 is 66.6 Å². The van der Waals surface area contributed by atoms with E-state index in [4.69, 9.17) is 14.0 Å². The lowest BCUT2D eigenvalue weighted by Crippen LogP contribution is -2.38. The van der Waals surface area contributed by atoms with Crippen LogP contribution in [0.4, 0.5) is 52.7 Å². The van der Waals surface area contributed by atoms with Crippen LogP contribution in [0.2, 0.25) is 0 Å². The minimum absolute atomic E-state index is 0.116. The third-order valence-electron chi connectivity index (χ3n) is 6.16. The van der Waals surface area contributed by atoms with Crippen molar-refractivity contribution in [3.05, 3.63) is 137 Å². The molecule has 0 aliphatic heterocycles. The number of benzene rings is 5. The molecular formula is C30H11BF12O3. The lowest BCUT2D eigenvalue weighted by molar-refractivity contribution is 0.285. The Kier molecular flexibility index (Phi) is 8.81. The summed E-state index contributed by atoms with van der Waals surface area (Å²) in [5, 5.41) is 0. The second-order valence-electron chi connectivity index (χ2n) is 9.22. The van der Waals surface area contributed by atoms with Crippen molar-refractivity contribution in [3.63, 3.8) is 0 Å². The molecule has 0 saturated heterocycles. The summed E-state index contributed by atoms with van der Waals surface area (Å²) in [4.78, 5) is 0. The Balaban J connectivity index is 1.61. The minimum Gasteiger partial charge on any atom is -0.487 e. The zero-order valence-electron chi connectivity index (χ0n) is 22.2. The summed E-state index contributed by atoms with van der Waals surface area (Å²) in [7, 11) is -2.73. The van der Waals surface area contributed by atoms with Gasteiger partial charge in [-0.05, 0) is 36.4 Å². The molecule has 0 spiro atoms. The monoisotopic (exact) mass is 658 g/mol. The van der Waals surface area contributed by atoms with Crippen molar-refractivity contribution in [2.24, 2.45) is 0 Å². The Hall–Kier alpha value is -5.28. The van der Waals surface area contributed by atoms with E-state index in [0.717, 1.165) is 12.1 Å². The average molecular weight is 658 g/mol. The summed E-state index contributed by atoms with van der Waals surface area (Å²) >= 11 is 0. The lowest BCUT2D eigenvalue weighted by Gasteiger charge is -2.19. The van der Waals surface area contributed by atoms with Crippen molar-refractivity contribution in [3.8, 4) is 39.5 Å². The van der Waals surface area contributed by atoms with Gasteiger partial charge in [-0.3, -0.25) is 0 Å². The van der Waals surface area contributed by atoms with Crippen LogP contribution in [0.3, 0.4) is 0 Å². The molecule has 0 atom stereocenters. The molecule has 0 heterocycles. The molecule has 3 nitrogen and oxygen atoms in total. The van der Waals surface area contributed by atoms with Crippen molar-refractivity contribution in [2.45, 2.75) is 0 Å². The van der Waals surface area contributed by atoms with Gasteiger partial charge in [0.25, 0.3) is 0 Å². The highest BCUT2D eigenvalue weighted by atomic mass is 19.2. The molecule has 236 valence electrons. The van der Waals surface area contributed by atoms with Crippen LogP contribution in [-0.4, -0.2) is 7.32 Å². The molecule has 0 amide bonds. The third kappa shape index (κ3) is 6.41. The maximum absolute atomic E-state index is 15.5. The largest absolute Gasteiger partial charge is 0.864 e. The molecule has 5 aromatic rings. The van der Waals surface area contributed by atoms with E-state index in [0.29, 0.717) is 30.3 Å². The predicted octanol–water partition coefficient (Wildman–Crippen LogP) is 9.21. The van der Waals surface area contributed by atoms with Crippen LogP contribution in [-0.2, 0) is 0 Å². The van der Waals surface area contributed by atoms with E-state index < -0.39 is 117 Å². The van der Waals surface area contributed by atoms with Gasteiger partial charge in [0.15, 0.2) is 46.5 Å². The Morgan fingerprint density at radius 2 is 0.717 bits per heavy atom. The first kappa shape index (κ1) is 32.1. The van der Waals surface area contributed by atoms with E-state index in [1.807, 2.05) is 0 Å².